The Labute approximate surface area is 150 Å². The Morgan fingerprint density at radius 1 is 1.48 bits per heavy atom. The van der Waals surface area contributed by atoms with Gasteiger partial charge in [-0.3, -0.25) is 0 Å². The topological polar surface area (TPSA) is 107 Å². The van der Waals surface area contributed by atoms with Crippen molar-refractivity contribution in [3.05, 3.63) is 11.6 Å². The second kappa shape index (κ2) is 7.37. The van der Waals surface area contributed by atoms with E-state index in [2.05, 4.69) is 0 Å². The molecule has 1 aromatic heterocycles. The molecule has 2 heterocycles. The van der Waals surface area contributed by atoms with Crippen LogP contribution in [0.2, 0.25) is 0 Å². The number of hydrogen-bond donors (Lipinski definition) is 1. The predicted octanol–water partition coefficient (Wildman–Crippen LogP) is -0.402. The van der Waals surface area contributed by atoms with Crippen molar-refractivity contribution in [3.8, 4) is 0 Å². The maximum absolute atomic E-state index is 12.4. The summed E-state index contributed by atoms with van der Waals surface area (Å²) in [5.41, 5.74) is 0.530. The standard InChI is InChI=1S/C10H16N2O5S3.Na/c1-17-6-2-4-12-5-3-8-7-9(19(11,13)14)18-10(8)20(12,15)16;/h7H,2-6H2,1H3,(H2,11,13,14);. The van der Waals surface area contributed by atoms with E-state index >= 15 is 0 Å². The Bertz CT molecular complexity index is 698. The predicted molar refractivity (Wildman–Crippen MR) is 80.4 cm³/mol. The summed E-state index contributed by atoms with van der Waals surface area (Å²) < 4.78 is 53.7. The molecule has 0 spiro atoms. The van der Waals surface area contributed by atoms with Gasteiger partial charge >= 0.3 is 0 Å². The zero-order valence-electron chi connectivity index (χ0n) is 11.9. The number of nitrogens with two attached hydrogens (primary N) is 1. The second-order valence-corrected chi connectivity index (χ2v) is 9.40. The molecule has 1 aliphatic heterocycles. The molecule has 0 amide bonds. The third kappa shape index (κ3) is 4.27. The molecule has 11 heteroatoms. The van der Waals surface area contributed by atoms with Gasteiger partial charge in [0, 0.05) is 56.4 Å². The summed E-state index contributed by atoms with van der Waals surface area (Å²) in [6, 6.07) is 1.36. The van der Waals surface area contributed by atoms with Crippen molar-refractivity contribution in [1.29, 1.82) is 0 Å². The van der Waals surface area contributed by atoms with E-state index in [1.54, 1.807) is 7.11 Å². The number of sulfonamides is 2. The van der Waals surface area contributed by atoms with Gasteiger partial charge in [0.15, 0.2) is 0 Å². The molecule has 1 aliphatic rings. The molecule has 0 atom stereocenters. The van der Waals surface area contributed by atoms with Crippen LogP contribution in [0.25, 0.3) is 0 Å². The molecule has 1 aromatic rings. The molecule has 115 valence electrons. The first-order valence-corrected chi connectivity index (χ1v) is 9.71. The minimum atomic E-state index is -3.87. The van der Waals surface area contributed by atoms with Crippen molar-refractivity contribution in [3.63, 3.8) is 0 Å². The van der Waals surface area contributed by atoms with Gasteiger partial charge < -0.3 is 4.74 Å². The van der Waals surface area contributed by atoms with E-state index in [4.69, 9.17) is 9.88 Å². The van der Waals surface area contributed by atoms with E-state index in [1.165, 1.54) is 10.4 Å². The van der Waals surface area contributed by atoms with Crippen molar-refractivity contribution in [2.75, 3.05) is 26.8 Å². The minimum Gasteiger partial charge on any atom is -0.385 e. The number of primary sulfonamides is 1. The molecule has 0 aliphatic carbocycles. The van der Waals surface area contributed by atoms with Gasteiger partial charge in [0.05, 0.1) is 0 Å². The number of thiophene rings is 1. The molecule has 0 saturated carbocycles. The average molecular weight is 363 g/mol. The fraction of sp³-hybridized carbons (Fsp3) is 0.600. The van der Waals surface area contributed by atoms with E-state index in [9.17, 15) is 16.8 Å². The Morgan fingerprint density at radius 3 is 2.71 bits per heavy atom. The number of methoxy groups -OCH3 is 1. The van der Waals surface area contributed by atoms with Crippen LogP contribution < -0.4 is 5.14 Å². The van der Waals surface area contributed by atoms with Crippen LogP contribution in [0.1, 0.15) is 12.0 Å². The van der Waals surface area contributed by atoms with Crippen LogP contribution in [0.15, 0.2) is 14.5 Å². The molecule has 0 bridgehead atoms. The first-order chi connectivity index (χ1) is 9.26. The number of hydrogen-bond acceptors (Lipinski definition) is 6. The Hall–Kier alpha value is 0.480. The molecule has 1 radical (unpaired) electrons. The normalized spacial score (nSPS) is 18.0. The van der Waals surface area contributed by atoms with E-state index in [-0.39, 0.29) is 38.0 Å². The smallest absolute Gasteiger partial charge is 0.252 e. The summed E-state index contributed by atoms with van der Waals surface area (Å²) >= 11 is 0.718. The SMILES string of the molecule is COCCCN1CCc2cc(S(N)(=O)=O)sc2S1(=O)=O.[Na]. The average Bonchev–Trinajstić information content (AvgIpc) is 2.77. The summed E-state index contributed by atoms with van der Waals surface area (Å²) in [7, 11) is -5.94. The van der Waals surface area contributed by atoms with Crippen LogP contribution in [-0.4, -0.2) is 77.5 Å². The zero-order chi connectivity index (χ0) is 15.0. The molecular formula is C10H16N2NaO5S3. The van der Waals surface area contributed by atoms with Crippen LogP contribution in [0.3, 0.4) is 0 Å². The van der Waals surface area contributed by atoms with Crippen molar-refractivity contribution >= 4 is 60.9 Å². The number of rotatable bonds is 5. The molecule has 7 nitrogen and oxygen atoms in total. The third-order valence-electron chi connectivity index (χ3n) is 2.99. The summed E-state index contributed by atoms with van der Waals surface area (Å²) in [5.74, 6) is 0. The van der Waals surface area contributed by atoms with E-state index in [1.807, 2.05) is 0 Å². The van der Waals surface area contributed by atoms with Gasteiger partial charge in [0.1, 0.15) is 8.42 Å². The molecule has 21 heavy (non-hydrogen) atoms. The van der Waals surface area contributed by atoms with Gasteiger partial charge in [-0.2, -0.15) is 4.31 Å². The van der Waals surface area contributed by atoms with Crippen LogP contribution in [0.5, 0.6) is 0 Å². The fourth-order valence-corrected chi connectivity index (χ4v) is 6.31. The van der Waals surface area contributed by atoms with Gasteiger partial charge in [-0.15, -0.1) is 11.3 Å². The summed E-state index contributed by atoms with van der Waals surface area (Å²) in [6.45, 7) is 1.18. The van der Waals surface area contributed by atoms with Crippen molar-refractivity contribution < 1.29 is 21.6 Å². The van der Waals surface area contributed by atoms with Crippen molar-refractivity contribution in [2.45, 2.75) is 21.3 Å². The van der Waals surface area contributed by atoms with E-state index in [0.29, 0.717) is 38.1 Å². The van der Waals surface area contributed by atoms with Gasteiger partial charge in [-0.1, -0.05) is 0 Å². The Morgan fingerprint density at radius 2 is 2.14 bits per heavy atom. The second-order valence-electron chi connectivity index (χ2n) is 4.42. The fourth-order valence-electron chi connectivity index (χ4n) is 2.02. The molecule has 0 fully saturated rings. The number of ether oxygens (including phenoxy) is 1. The number of nitrogens with zero attached hydrogens (tertiary/aromatic N) is 1. The van der Waals surface area contributed by atoms with Crippen LogP contribution in [-0.2, 0) is 31.2 Å². The Kier molecular flexibility index (Phi) is 6.85. The minimum absolute atomic E-state index is 0. The summed E-state index contributed by atoms with van der Waals surface area (Å²) in [5, 5.41) is 5.05. The summed E-state index contributed by atoms with van der Waals surface area (Å²) in [6.07, 6.45) is 1.09. The number of fused-ring (bicyclic) bond motifs is 1. The molecule has 0 saturated heterocycles. The molecular weight excluding hydrogens is 347 g/mol. The van der Waals surface area contributed by atoms with E-state index < -0.39 is 20.0 Å². The van der Waals surface area contributed by atoms with Gasteiger partial charge in [-0.05, 0) is 24.5 Å². The van der Waals surface area contributed by atoms with Crippen LogP contribution in [0, 0.1) is 0 Å². The quantitative estimate of drug-likeness (QED) is 0.566. The van der Waals surface area contributed by atoms with Gasteiger partial charge in [-0.25, -0.2) is 22.0 Å². The van der Waals surface area contributed by atoms with Crippen LogP contribution >= 0.6 is 11.3 Å². The van der Waals surface area contributed by atoms with Crippen molar-refractivity contribution in [1.82, 2.24) is 4.31 Å². The maximum Gasteiger partial charge on any atom is 0.252 e. The first kappa shape index (κ1) is 19.5. The van der Waals surface area contributed by atoms with Crippen molar-refractivity contribution in [2.24, 2.45) is 5.14 Å². The molecule has 2 N–H and O–H groups in total. The zero-order valence-corrected chi connectivity index (χ0v) is 16.4. The Balaban J connectivity index is 0.00000220. The maximum atomic E-state index is 12.4. The first-order valence-electron chi connectivity index (χ1n) is 5.91. The van der Waals surface area contributed by atoms with Crippen LogP contribution in [0.4, 0.5) is 0 Å². The largest absolute Gasteiger partial charge is 0.385 e. The summed E-state index contributed by atoms with van der Waals surface area (Å²) in [4.78, 5) is 0. The van der Waals surface area contributed by atoms with Gasteiger partial charge in [0.25, 0.3) is 10.0 Å². The molecule has 0 aromatic carbocycles. The molecule has 2 rings (SSSR count). The molecule has 0 unspecified atom stereocenters. The third-order valence-corrected chi connectivity index (χ3v) is 8.04. The van der Waals surface area contributed by atoms with E-state index in [0.717, 1.165) is 11.3 Å². The van der Waals surface area contributed by atoms with Gasteiger partial charge in [0.2, 0.25) is 10.0 Å². The monoisotopic (exact) mass is 363 g/mol.